The molecule has 0 unspecified atom stereocenters. The Morgan fingerprint density at radius 1 is 1.38 bits per heavy atom. The maximum absolute atomic E-state index is 5.90. The van der Waals surface area contributed by atoms with E-state index >= 15 is 0 Å². The van der Waals surface area contributed by atoms with Crippen molar-refractivity contribution in [1.29, 1.82) is 0 Å². The Balaban J connectivity index is 2.34. The lowest BCUT2D eigenvalue weighted by Gasteiger charge is -2.07. The highest BCUT2D eigenvalue weighted by molar-refractivity contribution is 5.69. The number of hydrogen-bond donors (Lipinski definition) is 1. The van der Waals surface area contributed by atoms with E-state index in [2.05, 4.69) is 5.10 Å². The van der Waals surface area contributed by atoms with Crippen molar-refractivity contribution in [1.82, 2.24) is 9.78 Å². The van der Waals surface area contributed by atoms with Crippen molar-refractivity contribution < 1.29 is 4.74 Å². The van der Waals surface area contributed by atoms with Crippen molar-refractivity contribution in [3.8, 4) is 16.9 Å². The molecule has 2 N–H and O–H groups in total. The first-order valence-electron chi connectivity index (χ1n) is 5.22. The summed E-state index contributed by atoms with van der Waals surface area (Å²) >= 11 is 0. The molecule has 2 rings (SSSR count). The van der Waals surface area contributed by atoms with Crippen LogP contribution in [0.4, 0.5) is 5.69 Å². The summed E-state index contributed by atoms with van der Waals surface area (Å²) in [6.07, 6.45) is 3.77. The molecule has 0 aliphatic rings. The van der Waals surface area contributed by atoms with Gasteiger partial charge in [0.25, 0.3) is 0 Å². The molecule has 4 heteroatoms. The second kappa shape index (κ2) is 4.26. The molecule has 0 spiro atoms. The molecule has 0 bridgehead atoms. The summed E-state index contributed by atoms with van der Waals surface area (Å²) in [5.74, 6) is 0.732. The fraction of sp³-hybridized carbons (Fsp3) is 0.250. The predicted molar refractivity (Wildman–Crippen MR) is 64.2 cm³/mol. The monoisotopic (exact) mass is 217 g/mol. The quantitative estimate of drug-likeness (QED) is 0.801. The molecule has 16 heavy (non-hydrogen) atoms. The van der Waals surface area contributed by atoms with Crippen molar-refractivity contribution in [2.75, 3.05) is 12.3 Å². The van der Waals surface area contributed by atoms with Crippen LogP contribution in [-0.4, -0.2) is 16.4 Å². The average Bonchev–Trinajstić information content (AvgIpc) is 2.68. The van der Waals surface area contributed by atoms with Gasteiger partial charge in [-0.3, -0.25) is 4.68 Å². The number of rotatable bonds is 3. The fourth-order valence-electron chi connectivity index (χ4n) is 1.59. The third-order valence-corrected chi connectivity index (χ3v) is 2.35. The van der Waals surface area contributed by atoms with Crippen LogP contribution in [0.2, 0.25) is 0 Å². The molecular weight excluding hydrogens is 202 g/mol. The molecule has 1 aromatic carbocycles. The van der Waals surface area contributed by atoms with Crippen LogP contribution in [0.1, 0.15) is 6.92 Å². The van der Waals surface area contributed by atoms with Crippen molar-refractivity contribution in [3.05, 3.63) is 30.6 Å². The van der Waals surface area contributed by atoms with Crippen molar-refractivity contribution in [3.63, 3.8) is 0 Å². The van der Waals surface area contributed by atoms with Crippen molar-refractivity contribution in [2.24, 2.45) is 7.05 Å². The Kier molecular flexibility index (Phi) is 2.81. The molecule has 0 saturated carbocycles. The van der Waals surface area contributed by atoms with E-state index in [9.17, 15) is 0 Å². The van der Waals surface area contributed by atoms with E-state index in [1.165, 1.54) is 0 Å². The van der Waals surface area contributed by atoms with Crippen molar-refractivity contribution >= 4 is 5.69 Å². The molecule has 1 heterocycles. The van der Waals surface area contributed by atoms with Gasteiger partial charge in [-0.1, -0.05) is 6.07 Å². The largest absolute Gasteiger partial charge is 0.492 e. The van der Waals surface area contributed by atoms with Crippen molar-refractivity contribution in [2.45, 2.75) is 6.92 Å². The Labute approximate surface area is 94.6 Å². The molecule has 0 aliphatic heterocycles. The summed E-state index contributed by atoms with van der Waals surface area (Å²) < 4.78 is 7.15. The first-order valence-corrected chi connectivity index (χ1v) is 5.22. The van der Waals surface area contributed by atoms with E-state index in [-0.39, 0.29) is 0 Å². The van der Waals surface area contributed by atoms with Gasteiger partial charge in [0.05, 0.1) is 18.5 Å². The molecule has 0 atom stereocenters. The average molecular weight is 217 g/mol. The van der Waals surface area contributed by atoms with E-state index < -0.39 is 0 Å². The zero-order valence-electron chi connectivity index (χ0n) is 9.47. The third kappa shape index (κ3) is 2.00. The second-order valence-corrected chi connectivity index (χ2v) is 3.59. The smallest absolute Gasteiger partial charge is 0.142 e. The lowest BCUT2D eigenvalue weighted by Crippen LogP contribution is -1.96. The van der Waals surface area contributed by atoms with Gasteiger partial charge >= 0.3 is 0 Å². The molecule has 84 valence electrons. The number of hydrogen-bond acceptors (Lipinski definition) is 3. The molecule has 0 fully saturated rings. The first-order chi connectivity index (χ1) is 7.70. The van der Waals surface area contributed by atoms with Crippen LogP contribution >= 0.6 is 0 Å². The predicted octanol–water partition coefficient (Wildman–Crippen LogP) is 2.07. The highest BCUT2D eigenvalue weighted by atomic mass is 16.5. The summed E-state index contributed by atoms with van der Waals surface area (Å²) in [6, 6.07) is 5.78. The van der Waals surface area contributed by atoms with E-state index in [0.29, 0.717) is 12.3 Å². The van der Waals surface area contributed by atoms with Gasteiger partial charge in [0.2, 0.25) is 0 Å². The fourth-order valence-corrected chi connectivity index (χ4v) is 1.59. The van der Waals surface area contributed by atoms with Gasteiger partial charge in [0, 0.05) is 18.8 Å². The van der Waals surface area contributed by atoms with Crippen LogP contribution in [0.5, 0.6) is 5.75 Å². The topological polar surface area (TPSA) is 53.1 Å². The molecule has 0 aliphatic carbocycles. The molecule has 4 nitrogen and oxygen atoms in total. The van der Waals surface area contributed by atoms with Gasteiger partial charge < -0.3 is 10.5 Å². The zero-order chi connectivity index (χ0) is 11.5. The third-order valence-electron chi connectivity index (χ3n) is 2.35. The van der Waals surface area contributed by atoms with Crippen LogP contribution in [-0.2, 0) is 7.05 Å². The SMILES string of the molecule is CCOc1ccc(-c2cnn(C)c2)cc1N. The minimum absolute atomic E-state index is 0.621. The minimum atomic E-state index is 0.621. The normalized spacial score (nSPS) is 10.4. The summed E-state index contributed by atoms with van der Waals surface area (Å²) in [5, 5.41) is 4.13. The van der Waals surface area contributed by atoms with Crippen LogP contribution < -0.4 is 10.5 Å². The number of aromatic nitrogens is 2. The number of benzene rings is 1. The second-order valence-electron chi connectivity index (χ2n) is 3.59. The van der Waals surface area contributed by atoms with E-state index in [1.54, 1.807) is 4.68 Å². The van der Waals surface area contributed by atoms with Crippen LogP contribution in [0, 0.1) is 0 Å². The summed E-state index contributed by atoms with van der Waals surface area (Å²) in [4.78, 5) is 0. The maximum atomic E-state index is 5.90. The minimum Gasteiger partial charge on any atom is -0.492 e. The lowest BCUT2D eigenvalue weighted by atomic mass is 10.1. The number of nitrogen functional groups attached to an aromatic ring is 1. The maximum Gasteiger partial charge on any atom is 0.142 e. The first kappa shape index (κ1) is 10.5. The number of ether oxygens (including phenoxy) is 1. The van der Waals surface area contributed by atoms with Crippen LogP contribution in [0.15, 0.2) is 30.6 Å². The molecule has 0 saturated heterocycles. The summed E-state index contributed by atoms with van der Waals surface area (Å²) in [6.45, 7) is 2.56. The number of nitrogens with zero attached hydrogens (tertiary/aromatic N) is 2. The van der Waals surface area contributed by atoms with Gasteiger partial charge in [-0.15, -0.1) is 0 Å². The highest BCUT2D eigenvalue weighted by Gasteiger charge is 2.04. The number of anilines is 1. The van der Waals surface area contributed by atoms with E-state index in [4.69, 9.17) is 10.5 Å². The van der Waals surface area contributed by atoms with Gasteiger partial charge in [-0.2, -0.15) is 5.10 Å². The standard InChI is InChI=1S/C12H15N3O/c1-3-16-12-5-4-9(6-11(12)13)10-7-14-15(2)8-10/h4-8H,3,13H2,1-2H3. The summed E-state index contributed by atoms with van der Waals surface area (Å²) in [5.41, 5.74) is 8.66. The molecular formula is C12H15N3O. The van der Waals surface area contributed by atoms with E-state index in [0.717, 1.165) is 16.9 Å². The number of nitrogens with two attached hydrogens (primary N) is 1. The van der Waals surface area contributed by atoms with Gasteiger partial charge in [-0.05, 0) is 24.6 Å². The van der Waals surface area contributed by atoms with Gasteiger partial charge in [0.1, 0.15) is 5.75 Å². The van der Waals surface area contributed by atoms with Crippen LogP contribution in [0.25, 0.3) is 11.1 Å². The Morgan fingerprint density at radius 2 is 2.19 bits per heavy atom. The Morgan fingerprint density at radius 3 is 2.75 bits per heavy atom. The molecule has 2 aromatic rings. The van der Waals surface area contributed by atoms with Gasteiger partial charge in [-0.25, -0.2) is 0 Å². The highest BCUT2D eigenvalue weighted by Crippen LogP contribution is 2.28. The Hall–Kier alpha value is -1.97. The van der Waals surface area contributed by atoms with E-state index in [1.807, 2.05) is 44.6 Å². The molecule has 1 aromatic heterocycles. The molecule has 0 radical (unpaired) electrons. The van der Waals surface area contributed by atoms with Gasteiger partial charge in [0.15, 0.2) is 0 Å². The summed E-state index contributed by atoms with van der Waals surface area (Å²) in [7, 11) is 1.89. The number of aryl methyl sites for hydroxylation is 1. The zero-order valence-corrected chi connectivity index (χ0v) is 9.47. The molecule has 0 amide bonds. The van der Waals surface area contributed by atoms with Crippen LogP contribution in [0.3, 0.4) is 0 Å². The Bertz CT molecular complexity index is 491. The lowest BCUT2D eigenvalue weighted by molar-refractivity contribution is 0.342.